The first kappa shape index (κ1) is 20.9. The molecular weight excluding hydrogens is 426 g/mol. The van der Waals surface area contributed by atoms with Crippen molar-refractivity contribution in [2.45, 2.75) is 20.3 Å². The summed E-state index contributed by atoms with van der Waals surface area (Å²) in [5, 5.41) is 14.6. The highest BCUT2D eigenvalue weighted by molar-refractivity contribution is 9.10. The summed E-state index contributed by atoms with van der Waals surface area (Å²) in [6.45, 7) is 4.77. The normalized spacial score (nSPS) is 10.2. The monoisotopic (exact) mass is 445 g/mol. The van der Waals surface area contributed by atoms with E-state index in [1.807, 2.05) is 12.1 Å². The largest absolute Gasteiger partial charge is 0.493 e. The molecule has 7 heteroatoms. The van der Waals surface area contributed by atoms with E-state index < -0.39 is 0 Å². The predicted octanol–water partition coefficient (Wildman–Crippen LogP) is 4.87. The van der Waals surface area contributed by atoms with Gasteiger partial charge in [-0.3, -0.25) is 10.1 Å². The van der Waals surface area contributed by atoms with Crippen molar-refractivity contribution in [2.24, 2.45) is 5.92 Å². The highest BCUT2D eigenvalue weighted by Crippen LogP contribution is 2.24. The molecule has 0 atom stereocenters. The molecule has 2 N–H and O–H groups in total. The number of carbonyl (C=O) groups excluding carboxylic acids is 1. The van der Waals surface area contributed by atoms with E-state index in [0.717, 1.165) is 10.9 Å². The third kappa shape index (κ3) is 6.66. The molecule has 0 saturated heterocycles. The van der Waals surface area contributed by atoms with Crippen molar-refractivity contribution < 1.29 is 9.53 Å². The molecule has 1 amide bonds. The quantitative estimate of drug-likeness (QED) is 0.620. The Kier molecular flexibility index (Phi) is 7.77. The summed E-state index contributed by atoms with van der Waals surface area (Å²) in [7, 11) is 0. The molecule has 0 fully saturated rings. The number of amides is 1. The molecule has 0 saturated carbocycles. The summed E-state index contributed by atoms with van der Waals surface area (Å²) in [5.74, 6) is 0.668. The number of hydrogen-bond donors (Lipinski definition) is 2. The van der Waals surface area contributed by atoms with Crippen LogP contribution in [0.25, 0.3) is 0 Å². The van der Waals surface area contributed by atoms with Crippen molar-refractivity contribution in [3.05, 3.63) is 58.1 Å². The van der Waals surface area contributed by atoms with Crippen molar-refractivity contribution in [3.63, 3.8) is 0 Å². The zero-order valence-electron chi connectivity index (χ0n) is 15.1. The fourth-order valence-corrected chi connectivity index (χ4v) is 2.74. The highest BCUT2D eigenvalue weighted by atomic mass is 79.9. The van der Waals surface area contributed by atoms with Crippen LogP contribution in [0.15, 0.2) is 46.9 Å². The summed E-state index contributed by atoms with van der Waals surface area (Å²) < 4.78 is 6.55. The first-order valence-corrected chi connectivity index (χ1v) is 9.64. The van der Waals surface area contributed by atoms with Crippen LogP contribution in [0.2, 0.25) is 0 Å². The van der Waals surface area contributed by atoms with Crippen molar-refractivity contribution >= 4 is 44.9 Å². The molecule has 27 heavy (non-hydrogen) atoms. The molecule has 0 spiro atoms. The molecule has 0 aliphatic heterocycles. The van der Waals surface area contributed by atoms with Gasteiger partial charge in [0, 0.05) is 10.2 Å². The fraction of sp³-hybridized carbons (Fsp3) is 0.250. The minimum atomic E-state index is -0.359. The van der Waals surface area contributed by atoms with Crippen LogP contribution in [0.3, 0.4) is 0 Å². The van der Waals surface area contributed by atoms with Crippen molar-refractivity contribution in [3.8, 4) is 11.8 Å². The number of nitrogens with one attached hydrogen (secondary N) is 2. The minimum absolute atomic E-state index is 0.165. The van der Waals surface area contributed by atoms with Crippen molar-refractivity contribution in [1.29, 1.82) is 5.26 Å². The average Bonchev–Trinajstić information content (AvgIpc) is 2.63. The Bertz CT molecular complexity index is 861. The van der Waals surface area contributed by atoms with Crippen LogP contribution >= 0.6 is 28.1 Å². The number of hydrogen-bond acceptors (Lipinski definition) is 4. The number of halogens is 1. The molecule has 5 nitrogen and oxygen atoms in total. The van der Waals surface area contributed by atoms with E-state index in [0.29, 0.717) is 35.1 Å². The van der Waals surface area contributed by atoms with Crippen LogP contribution in [0.1, 0.15) is 36.2 Å². The zero-order valence-corrected chi connectivity index (χ0v) is 17.5. The van der Waals surface area contributed by atoms with Crippen LogP contribution in [0.4, 0.5) is 5.69 Å². The smallest absolute Gasteiger partial charge is 0.261 e. The Morgan fingerprint density at radius 2 is 1.96 bits per heavy atom. The number of rotatable bonds is 6. The Labute approximate surface area is 172 Å². The second-order valence-corrected chi connectivity index (χ2v) is 7.59. The maximum atomic E-state index is 12.6. The molecule has 2 aromatic rings. The standard InChI is InChI=1S/C20H20BrN3O2S/c1-13(2)9-10-26-18-8-5-15(21)11-17(18)19(25)24-20(27)23-16-6-3-14(12-22)4-7-16/h3-8,11,13H,9-10H2,1-2H3,(H2,23,24,25,27). The van der Waals surface area contributed by atoms with Gasteiger partial charge in [-0.2, -0.15) is 5.26 Å². The molecule has 2 rings (SSSR count). The van der Waals surface area contributed by atoms with Gasteiger partial charge in [0.25, 0.3) is 5.91 Å². The first-order valence-electron chi connectivity index (χ1n) is 8.44. The minimum Gasteiger partial charge on any atom is -0.493 e. The Morgan fingerprint density at radius 1 is 1.26 bits per heavy atom. The lowest BCUT2D eigenvalue weighted by Gasteiger charge is -2.14. The second-order valence-electron chi connectivity index (χ2n) is 6.27. The second kappa shape index (κ2) is 10.0. The Balaban J connectivity index is 2.04. The van der Waals surface area contributed by atoms with Gasteiger partial charge >= 0.3 is 0 Å². The predicted molar refractivity (Wildman–Crippen MR) is 114 cm³/mol. The van der Waals surface area contributed by atoms with E-state index in [-0.39, 0.29) is 11.0 Å². The van der Waals surface area contributed by atoms with Crippen molar-refractivity contribution in [1.82, 2.24) is 5.32 Å². The molecule has 0 bridgehead atoms. The van der Waals surface area contributed by atoms with Gasteiger partial charge in [-0.15, -0.1) is 0 Å². The van der Waals surface area contributed by atoms with Gasteiger partial charge in [0.1, 0.15) is 5.75 Å². The van der Waals surface area contributed by atoms with Gasteiger partial charge in [-0.25, -0.2) is 0 Å². The van der Waals surface area contributed by atoms with Gasteiger partial charge < -0.3 is 10.1 Å². The summed E-state index contributed by atoms with van der Waals surface area (Å²) in [5.41, 5.74) is 1.63. The number of benzene rings is 2. The van der Waals surface area contributed by atoms with E-state index in [2.05, 4.69) is 40.4 Å². The van der Waals surface area contributed by atoms with Crippen LogP contribution in [0.5, 0.6) is 5.75 Å². The number of carbonyl (C=O) groups is 1. The molecule has 2 aromatic carbocycles. The molecular formula is C20H20BrN3O2S. The molecule has 0 radical (unpaired) electrons. The number of nitrogens with zero attached hydrogens (tertiary/aromatic N) is 1. The van der Waals surface area contributed by atoms with E-state index in [4.69, 9.17) is 22.2 Å². The van der Waals surface area contributed by atoms with E-state index >= 15 is 0 Å². The molecule has 0 aromatic heterocycles. The summed E-state index contributed by atoms with van der Waals surface area (Å²) in [6.07, 6.45) is 0.899. The van der Waals surface area contributed by atoms with Crippen LogP contribution < -0.4 is 15.4 Å². The summed E-state index contributed by atoms with van der Waals surface area (Å²) >= 11 is 8.59. The number of ether oxygens (including phenoxy) is 1. The summed E-state index contributed by atoms with van der Waals surface area (Å²) in [6, 6.07) is 14.1. The average molecular weight is 446 g/mol. The highest BCUT2D eigenvalue weighted by Gasteiger charge is 2.15. The fourth-order valence-electron chi connectivity index (χ4n) is 2.17. The van der Waals surface area contributed by atoms with Gasteiger partial charge in [0.15, 0.2) is 5.11 Å². The van der Waals surface area contributed by atoms with Crippen LogP contribution in [0, 0.1) is 17.2 Å². The Morgan fingerprint density at radius 3 is 2.59 bits per heavy atom. The van der Waals surface area contributed by atoms with Gasteiger partial charge in [-0.1, -0.05) is 29.8 Å². The van der Waals surface area contributed by atoms with Gasteiger partial charge in [0.2, 0.25) is 0 Å². The maximum absolute atomic E-state index is 12.6. The zero-order chi connectivity index (χ0) is 19.8. The number of thiocarbonyl (C=S) groups is 1. The molecule has 140 valence electrons. The third-order valence-corrected chi connectivity index (χ3v) is 4.34. The number of nitriles is 1. The van der Waals surface area contributed by atoms with E-state index in [9.17, 15) is 4.79 Å². The van der Waals surface area contributed by atoms with E-state index in [1.165, 1.54) is 0 Å². The van der Waals surface area contributed by atoms with E-state index in [1.54, 1.807) is 36.4 Å². The molecule has 0 aliphatic rings. The van der Waals surface area contributed by atoms with Gasteiger partial charge in [0.05, 0.1) is 23.8 Å². The first-order chi connectivity index (χ1) is 12.9. The topological polar surface area (TPSA) is 74.2 Å². The third-order valence-electron chi connectivity index (χ3n) is 3.64. The van der Waals surface area contributed by atoms with Crippen LogP contribution in [-0.2, 0) is 0 Å². The van der Waals surface area contributed by atoms with Crippen LogP contribution in [-0.4, -0.2) is 17.6 Å². The molecule has 0 aliphatic carbocycles. The molecule has 0 heterocycles. The SMILES string of the molecule is CC(C)CCOc1ccc(Br)cc1C(=O)NC(=S)Nc1ccc(C#N)cc1. The van der Waals surface area contributed by atoms with Gasteiger partial charge in [-0.05, 0) is 67.0 Å². The lowest BCUT2D eigenvalue weighted by molar-refractivity contribution is 0.0973. The number of anilines is 1. The van der Waals surface area contributed by atoms with Crippen molar-refractivity contribution in [2.75, 3.05) is 11.9 Å². The summed E-state index contributed by atoms with van der Waals surface area (Å²) in [4.78, 5) is 12.6. The molecule has 0 unspecified atom stereocenters. The Hall–Kier alpha value is -2.43. The lowest BCUT2D eigenvalue weighted by atomic mass is 10.1. The lowest BCUT2D eigenvalue weighted by Crippen LogP contribution is -2.34. The maximum Gasteiger partial charge on any atom is 0.261 e.